The van der Waals surface area contributed by atoms with Crippen LogP contribution in [0.3, 0.4) is 0 Å². The minimum absolute atomic E-state index is 0.309. The Morgan fingerprint density at radius 1 is 1.30 bits per heavy atom. The van der Waals surface area contributed by atoms with Gasteiger partial charge in [0.05, 0.1) is 11.2 Å². The summed E-state index contributed by atoms with van der Waals surface area (Å²) in [7, 11) is 1.53. The van der Waals surface area contributed by atoms with Gasteiger partial charge < -0.3 is 10.6 Å². The Labute approximate surface area is 165 Å². The molecular formula is C18H15Cl2N5O2. The van der Waals surface area contributed by atoms with Crippen molar-refractivity contribution in [3.05, 3.63) is 57.8 Å². The lowest BCUT2D eigenvalue weighted by Gasteiger charge is -2.14. The molecule has 2 N–H and O–H groups in total. The normalized spacial score (nSPS) is 10.5. The molecule has 7 nitrogen and oxygen atoms in total. The molecule has 2 aromatic heterocycles. The van der Waals surface area contributed by atoms with Crippen molar-refractivity contribution in [3.63, 3.8) is 0 Å². The van der Waals surface area contributed by atoms with Gasteiger partial charge in [-0.05, 0) is 36.8 Å². The van der Waals surface area contributed by atoms with Crippen LogP contribution in [0.5, 0.6) is 0 Å². The number of hydrogen-bond acceptors (Lipinski definition) is 4. The lowest BCUT2D eigenvalue weighted by Crippen LogP contribution is -2.19. The van der Waals surface area contributed by atoms with Crippen LogP contribution in [-0.2, 0) is 4.79 Å². The molecule has 0 saturated heterocycles. The number of aromatic nitrogens is 3. The molecule has 0 atom stereocenters. The predicted octanol–water partition coefficient (Wildman–Crippen LogP) is 3.48. The van der Waals surface area contributed by atoms with Gasteiger partial charge in [0.25, 0.3) is 5.91 Å². The van der Waals surface area contributed by atoms with Crippen LogP contribution in [0.2, 0.25) is 10.0 Å². The van der Waals surface area contributed by atoms with Crippen molar-refractivity contribution in [2.24, 2.45) is 0 Å². The van der Waals surface area contributed by atoms with E-state index in [9.17, 15) is 9.59 Å². The molecule has 0 aliphatic carbocycles. The summed E-state index contributed by atoms with van der Waals surface area (Å²) in [5, 5.41) is 10.3. The molecule has 0 aliphatic heterocycles. The number of rotatable bonds is 5. The molecule has 9 heteroatoms. The summed E-state index contributed by atoms with van der Waals surface area (Å²) in [5.41, 5.74) is 2.25. The third-order valence-corrected chi connectivity index (χ3v) is 4.46. The molecule has 27 heavy (non-hydrogen) atoms. The van der Waals surface area contributed by atoms with E-state index in [0.29, 0.717) is 44.8 Å². The number of nitrogens with one attached hydrogen (secondary N) is 2. The number of hydrogen-bond donors (Lipinski definition) is 2. The van der Waals surface area contributed by atoms with Gasteiger partial charge in [0.1, 0.15) is 5.82 Å². The highest BCUT2D eigenvalue weighted by Crippen LogP contribution is 2.36. The first-order chi connectivity index (χ1) is 13.0. The molecule has 0 aliphatic rings. The fraction of sp³-hybridized carbons (Fsp3) is 0.111. The predicted molar refractivity (Wildman–Crippen MR) is 105 cm³/mol. The molecule has 0 spiro atoms. The maximum Gasteiger partial charge on any atom is 0.251 e. The monoisotopic (exact) mass is 403 g/mol. The van der Waals surface area contributed by atoms with Crippen molar-refractivity contribution < 1.29 is 9.59 Å². The number of anilines is 1. The van der Waals surface area contributed by atoms with E-state index in [-0.39, 0.29) is 5.91 Å². The highest BCUT2D eigenvalue weighted by atomic mass is 35.5. The van der Waals surface area contributed by atoms with Crippen molar-refractivity contribution in [2.75, 3.05) is 12.4 Å². The number of amides is 2. The van der Waals surface area contributed by atoms with E-state index in [1.807, 2.05) is 6.92 Å². The summed E-state index contributed by atoms with van der Waals surface area (Å²) in [6.07, 6.45) is 3.63. The Balaban J connectivity index is 2.30. The molecule has 3 aromatic rings. The first-order valence-corrected chi connectivity index (χ1v) is 8.65. The van der Waals surface area contributed by atoms with E-state index in [2.05, 4.69) is 20.7 Å². The van der Waals surface area contributed by atoms with Crippen LogP contribution in [0.4, 0.5) is 5.82 Å². The number of aryl methyl sites for hydroxylation is 1. The van der Waals surface area contributed by atoms with Crippen molar-refractivity contribution in [1.82, 2.24) is 20.1 Å². The number of benzene rings is 1. The summed E-state index contributed by atoms with van der Waals surface area (Å²) < 4.78 is 1.41. The van der Waals surface area contributed by atoms with Crippen molar-refractivity contribution in [1.29, 1.82) is 0 Å². The molecule has 0 saturated carbocycles. The molecule has 0 fully saturated rings. The van der Waals surface area contributed by atoms with Gasteiger partial charge >= 0.3 is 0 Å². The van der Waals surface area contributed by atoms with Crippen LogP contribution in [0.15, 0.2) is 36.7 Å². The lowest BCUT2D eigenvalue weighted by molar-refractivity contribution is -0.105. The van der Waals surface area contributed by atoms with E-state index in [4.69, 9.17) is 23.2 Å². The van der Waals surface area contributed by atoms with Crippen molar-refractivity contribution in [2.45, 2.75) is 6.92 Å². The molecule has 2 heterocycles. The molecular weight excluding hydrogens is 389 g/mol. The van der Waals surface area contributed by atoms with Gasteiger partial charge in [0, 0.05) is 35.0 Å². The zero-order chi connectivity index (χ0) is 19.6. The topological polar surface area (TPSA) is 88.9 Å². The first kappa shape index (κ1) is 18.9. The van der Waals surface area contributed by atoms with E-state index < -0.39 is 0 Å². The van der Waals surface area contributed by atoms with Gasteiger partial charge in [-0.15, -0.1) is 0 Å². The molecule has 0 radical (unpaired) electrons. The van der Waals surface area contributed by atoms with Gasteiger partial charge in [-0.25, -0.2) is 4.98 Å². The Morgan fingerprint density at radius 3 is 2.74 bits per heavy atom. The van der Waals surface area contributed by atoms with Gasteiger partial charge in [-0.1, -0.05) is 23.2 Å². The van der Waals surface area contributed by atoms with Crippen molar-refractivity contribution in [3.8, 4) is 16.9 Å². The zero-order valence-electron chi connectivity index (χ0n) is 14.5. The number of pyridine rings is 1. The number of halogens is 2. The highest BCUT2D eigenvalue weighted by Gasteiger charge is 2.22. The fourth-order valence-corrected chi connectivity index (χ4v) is 3.31. The number of nitrogens with zero attached hydrogens (tertiary/aromatic N) is 3. The number of carbonyl (C=O) groups excluding carboxylic acids is 2. The van der Waals surface area contributed by atoms with Crippen LogP contribution >= 0.6 is 23.2 Å². The number of carbonyl (C=O) groups is 2. The zero-order valence-corrected chi connectivity index (χ0v) is 16.0. The Bertz CT molecular complexity index is 1030. The van der Waals surface area contributed by atoms with Crippen LogP contribution in [-0.4, -0.2) is 34.1 Å². The second-order valence-corrected chi connectivity index (χ2v) is 6.46. The van der Waals surface area contributed by atoms with E-state index in [1.54, 1.807) is 36.7 Å². The SMILES string of the molecule is CNC(=O)c1cc(Cl)cc(C)c1-c1cnn(-c2ncccc2Cl)c1NC=O. The van der Waals surface area contributed by atoms with Gasteiger partial charge in [-0.3, -0.25) is 9.59 Å². The van der Waals surface area contributed by atoms with E-state index in [1.165, 1.54) is 11.7 Å². The highest BCUT2D eigenvalue weighted by molar-refractivity contribution is 6.32. The third-order valence-electron chi connectivity index (χ3n) is 3.95. The first-order valence-electron chi connectivity index (χ1n) is 7.89. The Kier molecular flexibility index (Phi) is 5.43. The van der Waals surface area contributed by atoms with Crippen LogP contribution in [0.1, 0.15) is 15.9 Å². The lowest BCUT2D eigenvalue weighted by atomic mass is 9.96. The average molecular weight is 404 g/mol. The van der Waals surface area contributed by atoms with Crippen LogP contribution in [0, 0.1) is 6.92 Å². The second kappa shape index (κ2) is 7.77. The molecule has 3 rings (SSSR count). The standard InChI is InChI=1S/C18H15Cl2N5O2/c1-10-6-11(19)7-12(18(27)21-2)15(10)13-8-24-25(16(13)23-9-26)17-14(20)4-3-5-22-17/h3-9H,1-2H3,(H,21,27)(H,23,26). The van der Waals surface area contributed by atoms with Crippen LogP contribution in [0.25, 0.3) is 16.9 Å². The maximum absolute atomic E-state index is 12.4. The minimum Gasteiger partial charge on any atom is -0.355 e. The Morgan fingerprint density at radius 2 is 2.07 bits per heavy atom. The maximum atomic E-state index is 12.4. The third kappa shape index (κ3) is 3.51. The summed E-state index contributed by atoms with van der Waals surface area (Å²) >= 11 is 12.4. The van der Waals surface area contributed by atoms with E-state index >= 15 is 0 Å². The summed E-state index contributed by atoms with van der Waals surface area (Å²) in [6, 6.07) is 6.66. The smallest absolute Gasteiger partial charge is 0.251 e. The molecule has 0 unspecified atom stereocenters. The van der Waals surface area contributed by atoms with Crippen LogP contribution < -0.4 is 10.6 Å². The molecule has 2 amide bonds. The largest absolute Gasteiger partial charge is 0.355 e. The van der Waals surface area contributed by atoms with Gasteiger partial charge in [-0.2, -0.15) is 9.78 Å². The average Bonchev–Trinajstić information content (AvgIpc) is 3.04. The minimum atomic E-state index is -0.309. The molecule has 1 aromatic carbocycles. The summed E-state index contributed by atoms with van der Waals surface area (Å²) in [5.74, 6) is 0.375. The van der Waals surface area contributed by atoms with Gasteiger partial charge in [0.15, 0.2) is 5.82 Å². The van der Waals surface area contributed by atoms with Crippen molar-refractivity contribution >= 4 is 41.3 Å². The molecule has 138 valence electrons. The molecule has 0 bridgehead atoms. The van der Waals surface area contributed by atoms with E-state index in [0.717, 1.165) is 5.56 Å². The summed E-state index contributed by atoms with van der Waals surface area (Å²) in [6.45, 7) is 1.82. The second-order valence-electron chi connectivity index (χ2n) is 5.61. The Hall–Kier alpha value is -2.90. The quantitative estimate of drug-likeness (QED) is 0.638. The fourth-order valence-electron chi connectivity index (χ4n) is 2.83. The summed E-state index contributed by atoms with van der Waals surface area (Å²) in [4.78, 5) is 27.8. The van der Waals surface area contributed by atoms with Gasteiger partial charge in [0.2, 0.25) is 6.41 Å².